The van der Waals surface area contributed by atoms with Crippen LogP contribution in [0, 0.1) is 0 Å². The van der Waals surface area contributed by atoms with Gasteiger partial charge in [0.05, 0.1) is 10.5 Å². The van der Waals surface area contributed by atoms with E-state index in [1.54, 1.807) is 36.7 Å². The molecule has 0 radical (unpaired) electrons. The lowest BCUT2D eigenvalue weighted by Crippen LogP contribution is -2.14. The predicted molar refractivity (Wildman–Crippen MR) is 104 cm³/mol. The van der Waals surface area contributed by atoms with E-state index in [-0.39, 0.29) is 4.90 Å². The van der Waals surface area contributed by atoms with Crippen LogP contribution in [-0.4, -0.2) is 23.6 Å². The molecular formula is C20H16N4O3S. The molecule has 7 nitrogen and oxygen atoms in total. The SMILES string of the molecule is NS(=O)(=O)c1ccccc1Cc1ccc(-c2nnc(-c3cccnc3)o2)cc1. The summed E-state index contributed by atoms with van der Waals surface area (Å²) in [6.07, 6.45) is 3.77. The van der Waals surface area contributed by atoms with Crippen molar-refractivity contribution in [2.45, 2.75) is 11.3 Å². The van der Waals surface area contributed by atoms with E-state index in [0.29, 0.717) is 23.8 Å². The van der Waals surface area contributed by atoms with Crippen LogP contribution in [0.5, 0.6) is 0 Å². The van der Waals surface area contributed by atoms with Gasteiger partial charge < -0.3 is 4.42 Å². The zero-order valence-electron chi connectivity index (χ0n) is 14.7. The van der Waals surface area contributed by atoms with Crippen LogP contribution in [0.2, 0.25) is 0 Å². The number of rotatable bonds is 5. The van der Waals surface area contributed by atoms with Crippen molar-refractivity contribution >= 4 is 10.0 Å². The maximum atomic E-state index is 11.7. The van der Waals surface area contributed by atoms with Crippen molar-refractivity contribution in [1.29, 1.82) is 0 Å². The average molecular weight is 392 g/mol. The Kier molecular flexibility index (Phi) is 4.72. The number of nitrogens with two attached hydrogens (primary N) is 1. The Morgan fingerprint density at radius 2 is 1.57 bits per heavy atom. The molecule has 2 heterocycles. The molecule has 8 heteroatoms. The van der Waals surface area contributed by atoms with Crippen molar-refractivity contribution in [2.75, 3.05) is 0 Å². The number of hydrogen-bond donors (Lipinski definition) is 1. The van der Waals surface area contributed by atoms with Crippen LogP contribution in [0.15, 0.2) is 82.4 Å². The Balaban J connectivity index is 1.57. The van der Waals surface area contributed by atoms with E-state index in [2.05, 4.69) is 15.2 Å². The minimum atomic E-state index is -3.77. The van der Waals surface area contributed by atoms with Crippen molar-refractivity contribution in [1.82, 2.24) is 15.2 Å². The van der Waals surface area contributed by atoms with E-state index < -0.39 is 10.0 Å². The highest BCUT2D eigenvalue weighted by atomic mass is 32.2. The smallest absolute Gasteiger partial charge is 0.249 e. The Bertz CT molecular complexity index is 1200. The number of aromatic nitrogens is 3. The second kappa shape index (κ2) is 7.34. The zero-order valence-corrected chi connectivity index (χ0v) is 15.5. The van der Waals surface area contributed by atoms with Gasteiger partial charge in [-0.1, -0.05) is 30.3 Å². The van der Waals surface area contributed by atoms with Gasteiger partial charge in [-0.05, 0) is 47.9 Å². The molecule has 2 N–H and O–H groups in total. The largest absolute Gasteiger partial charge is 0.416 e. The monoisotopic (exact) mass is 392 g/mol. The molecule has 140 valence electrons. The standard InChI is InChI=1S/C20H16N4O3S/c21-28(25,26)18-6-2-1-4-16(18)12-14-7-9-15(10-8-14)19-23-24-20(27-19)17-5-3-11-22-13-17/h1-11,13H,12H2,(H2,21,25,26). The van der Waals surface area contributed by atoms with Crippen LogP contribution < -0.4 is 5.14 Å². The van der Waals surface area contributed by atoms with E-state index >= 15 is 0 Å². The lowest BCUT2D eigenvalue weighted by atomic mass is 10.0. The number of primary sulfonamides is 1. The van der Waals surface area contributed by atoms with Crippen LogP contribution >= 0.6 is 0 Å². The topological polar surface area (TPSA) is 112 Å². The van der Waals surface area contributed by atoms with Crippen molar-refractivity contribution in [3.05, 3.63) is 84.2 Å². The van der Waals surface area contributed by atoms with Crippen LogP contribution in [0.1, 0.15) is 11.1 Å². The summed E-state index contributed by atoms with van der Waals surface area (Å²) in [5.41, 5.74) is 3.10. The first kappa shape index (κ1) is 18.0. The quantitative estimate of drug-likeness (QED) is 0.559. The van der Waals surface area contributed by atoms with E-state index in [1.807, 2.05) is 30.3 Å². The fourth-order valence-corrected chi connectivity index (χ4v) is 3.63. The van der Waals surface area contributed by atoms with Gasteiger partial charge in [0.25, 0.3) is 0 Å². The van der Waals surface area contributed by atoms with Gasteiger partial charge in [0.1, 0.15) is 0 Å². The minimum absolute atomic E-state index is 0.136. The van der Waals surface area contributed by atoms with Crippen LogP contribution in [0.25, 0.3) is 22.9 Å². The van der Waals surface area contributed by atoms with Gasteiger partial charge in [0.15, 0.2) is 0 Å². The summed E-state index contributed by atoms with van der Waals surface area (Å²) in [5, 5.41) is 13.4. The molecule has 28 heavy (non-hydrogen) atoms. The molecule has 0 bridgehead atoms. The van der Waals surface area contributed by atoms with E-state index in [4.69, 9.17) is 9.56 Å². The molecule has 0 saturated heterocycles. The molecule has 4 aromatic rings. The summed E-state index contributed by atoms with van der Waals surface area (Å²) in [7, 11) is -3.77. The predicted octanol–water partition coefficient (Wildman–Crippen LogP) is 3.04. The molecule has 0 fully saturated rings. The summed E-state index contributed by atoms with van der Waals surface area (Å²) in [6.45, 7) is 0. The first-order chi connectivity index (χ1) is 13.5. The van der Waals surface area contributed by atoms with Crippen molar-refractivity contribution in [2.24, 2.45) is 5.14 Å². The van der Waals surface area contributed by atoms with Crippen LogP contribution in [-0.2, 0) is 16.4 Å². The van der Waals surface area contributed by atoms with Gasteiger partial charge in [-0.15, -0.1) is 10.2 Å². The molecule has 2 aromatic heterocycles. The van der Waals surface area contributed by atoms with Crippen LogP contribution in [0.4, 0.5) is 0 Å². The second-order valence-corrected chi connectivity index (χ2v) is 7.71. The number of hydrogen-bond acceptors (Lipinski definition) is 6. The summed E-state index contributed by atoms with van der Waals surface area (Å²) >= 11 is 0. The van der Waals surface area contributed by atoms with Crippen molar-refractivity contribution < 1.29 is 12.8 Å². The third-order valence-electron chi connectivity index (χ3n) is 4.21. The molecule has 0 aliphatic heterocycles. The van der Waals surface area contributed by atoms with E-state index in [0.717, 1.165) is 16.7 Å². The fraction of sp³-hybridized carbons (Fsp3) is 0.0500. The van der Waals surface area contributed by atoms with Gasteiger partial charge in [-0.3, -0.25) is 4.98 Å². The lowest BCUT2D eigenvalue weighted by molar-refractivity contribution is 0.584. The number of nitrogens with zero attached hydrogens (tertiary/aromatic N) is 3. The van der Waals surface area contributed by atoms with Gasteiger partial charge in [0, 0.05) is 18.0 Å². The fourth-order valence-electron chi connectivity index (χ4n) is 2.86. The van der Waals surface area contributed by atoms with Gasteiger partial charge in [0.2, 0.25) is 21.8 Å². The molecule has 0 saturated carbocycles. The summed E-state index contributed by atoms with van der Waals surface area (Å²) < 4.78 is 29.2. The highest BCUT2D eigenvalue weighted by Crippen LogP contribution is 2.24. The number of benzene rings is 2. The first-order valence-corrected chi connectivity index (χ1v) is 9.99. The zero-order chi connectivity index (χ0) is 19.6. The summed E-state index contributed by atoms with van der Waals surface area (Å²) in [4.78, 5) is 4.18. The van der Waals surface area contributed by atoms with Crippen LogP contribution in [0.3, 0.4) is 0 Å². The molecule has 0 aliphatic carbocycles. The lowest BCUT2D eigenvalue weighted by Gasteiger charge is -2.08. The highest BCUT2D eigenvalue weighted by Gasteiger charge is 2.14. The van der Waals surface area contributed by atoms with E-state index in [9.17, 15) is 8.42 Å². The summed E-state index contributed by atoms with van der Waals surface area (Å²) in [5.74, 6) is 0.796. The molecule has 0 unspecified atom stereocenters. The molecular weight excluding hydrogens is 376 g/mol. The van der Waals surface area contributed by atoms with E-state index in [1.165, 1.54) is 6.07 Å². The third-order valence-corrected chi connectivity index (χ3v) is 5.22. The van der Waals surface area contributed by atoms with Gasteiger partial charge in [-0.25, -0.2) is 13.6 Å². The third kappa shape index (κ3) is 3.83. The number of sulfonamides is 1. The van der Waals surface area contributed by atoms with Crippen molar-refractivity contribution in [3.8, 4) is 22.9 Å². The van der Waals surface area contributed by atoms with Gasteiger partial charge >= 0.3 is 0 Å². The molecule has 0 atom stereocenters. The Morgan fingerprint density at radius 3 is 2.25 bits per heavy atom. The Labute approximate surface area is 161 Å². The summed E-state index contributed by atoms with van der Waals surface area (Å²) in [6, 6.07) is 17.8. The normalized spacial score (nSPS) is 11.5. The van der Waals surface area contributed by atoms with Crippen molar-refractivity contribution in [3.63, 3.8) is 0 Å². The Hall–Kier alpha value is -3.36. The average Bonchev–Trinajstić information content (AvgIpc) is 3.19. The molecule has 0 spiro atoms. The Morgan fingerprint density at radius 1 is 0.857 bits per heavy atom. The maximum Gasteiger partial charge on any atom is 0.249 e. The molecule has 2 aromatic carbocycles. The van der Waals surface area contributed by atoms with Gasteiger partial charge in [-0.2, -0.15) is 0 Å². The number of pyridine rings is 1. The molecule has 4 rings (SSSR count). The molecule has 0 aliphatic rings. The maximum absolute atomic E-state index is 11.7. The molecule has 0 amide bonds. The first-order valence-electron chi connectivity index (χ1n) is 8.44. The second-order valence-electron chi connectivity index (χ2n) is 6.18. The minimum Gasteiger partial charge on any atom is -0.416 e. The highest BCUT2D eigenvalue weighted by molar-refractivity contribution is 7.89.